The lowest BCUT2D eigenvalue weighted by atomic mass is 10.3. The van der Waals surface area contributed by atoms with Crippen LogP contribution in [0.3, 0.4) is 0 Å². The Labute approximate surface area is 123 Å². The van der Waals surface area contributed by atoms with Gasteiger partial charge < -0.3 is 4.74 Å². The molecule has 0 spiro atoms. The Bertz CT molecular complexity index is 748. The smallest absolute Gasteiger partial charge is 0.156 e. The van der Waals surface area contributed by atoms with Gasteiger partial charge in [0.15, 0.2) is 5.75 Å². The van der Waals surface area contributed by atoms with E-state index in [-0.39, 0.29) is 0 Å². The van der Waals surface area contributed by atoms with Crippen LogP contribution in [0.4, 0.5) is 0 Å². The Kier molecular flexibility index (Phi) is 3.36. The van der Waals surface area contributed by atoms with E-state index in [1.807, 2.05) is 24.3 Å². The van der Waals surface area contributed by atoms with Crippen LogP contribution < -0.4 is 4.74 Å². The van der Waals surface area contributed by atoms with Crippen molar-refractivity contribution in [3.63, 3.8) is 0 Å². The minimum Gasteiger partial charge on any atom is -0.453 e. The van der Waals surface area contributed by atoms with Gasteiger partial charge >= 0.3 is 0 Å². The Morgan fingerprint density at radius 1 is 1.05 bits per heavy atom. The van der Waals surface area contributed by atoms with E-state index in [1.54, 1.807) is 24.5 Å². The van der Waals surface area contributed by atoms with Crippen LogP contribution in [0.1, 0.15) is 0 Å². The standard InChI is InChI=1S/C14H8BrClN2O/c15-9-7-11-14(18-8-9)13(5-6-17-11)19-12-4-2-1-3-10(12)16/h1-8H. The monoisotopic (exact) mass is 334 g/mol. The van der Waals surface area contributed by atoms with Gasteiger partial charge in [-0.2, -0.15) is 0 Å². The Morgan fingerprint density at radius 3 is 2.74 bits per heavy atom. The largest absolute Gasteiger partial charge is 0.453 e. The van der Waals surface area contributed by atoms with Crippen molar-refractivity contribution in [1.29, 1.82) is 0 Å². The van der Waals surface area contributed by atoms with Gasteiger partial charge in [0.05, 0.1) is 10.5 Å². The van der Waals surface area contributed by atoms with Gasteiger partial charge in [-0.1, -0.05) is 23.7 Å². The minimum absolute atomic E-state index is 0.560. The third-order valence-electron chi connectivity index (χ3n) is 2.56. The van der Waals surface area contributed by atoms with Crippen LogP contribution in [0, 0.1) is 0 Å². The molecule has 0 unspecified atom stereocenters. The van der Waals surface area contributed by atoms with E-state index in [4.69, 9.17) is 16.3 Å². The number of pyridine rings is 2. The van der Waals surface area contributed by atoms with E-state index in [0.717, 1.165) is 9.99 Å². The van der Waals surface area contributed by atoms with Gasteiger partial charge in [-0.25, -0.2) is 4.98 Å². The Hall–Kier alpha value is -1.65. The molecule has 0 saturated heterocycles. The van der Waals surface area contributed by atoms with Crippen LogP contribution in [0.15, 0.2) is 53.3 Å². The molecule has 0 aliphatic carbocycles. The van der Waals surface area contributed by atoms with Crippen molar-refractivity contribution in [2.45, 2.75) is 0 Å². The van der Waals surface area contributed by atoms with E-state index in [0.29, 0.717) is 22.0 Å². The average molecular weight is 336 g/mol. The molecule has 0 bridgehead atoms. The van der Waals surface area contributed by atoms with Gasteiger partial charge in [-0.15, -0.1) is 0 Å². The molecule has 0 aliphatic rings. The molecule has 0 radical (unpaired) electrons. The first kappa shape index (κ1) is 12.4. The molecule has 19 heavy (non-hydrogen) atoms. The van der Waals surface area contributed by atoms with Crippen molar-refractivity contribution in [3.8, 4) is 11.5 Å². The van der Waals surface area contributed by atoms with Crippen molar-refractivity contribution in [1.82, 2.24) is 9.97 Å². The first-order chi connectivity index (χ1) is 9.24. The second kappa shape index (κ2) is 5.15. The zero-order chi connectivity index (χ0) is 13.2. The highest BCUT2D eigenvalue weighted by molar-refractivity contribution is 9.10. The highest BCUT2D eigenvalue weighted by Gasteiger charge is 2.08. The van der Waals surface area contributed by atoms with E-state index in [1.165, 1.54) is 0 Å². The molecule has 3 rings (SSSR count). The number of hydrogen-bond acceptors (Lipinski definition) is 3. The topological polar surface area (TPSA) is 35.0 Å². The number of benzene rings is 1. The molecule has 0 fully saturated rings. The highest BCUT2D eigenvalue weighted by atomic mass is 79.9. The molecule has 0 atom stereocenters. The summed E-state index contributed by atoms with van der Waals surface area (Å²) in [7, 11) is 0. The van der Waals surface area contributed by atoms with Crippen molar-refractivity contribution < 1.29 is 4.74 Å². The maximum absolute atomic E-state index is 6.08. The van der Waals surface area contributed by atoms with Crippen LogP contribution >= 0.6 is 27.5 Å². The summed E-state index contributed by atoms with van der Waals surface area (Å²) < 4.78 is 6.69. The number of fused-ring (bicyclic) bond motifs is 1. The minimum atomic E-state index is 0.560. The molecule has 1 aromatic carbocycles. The van der Waals surface area contributed by atoms with Gasteiger partial charge in [0, 0.05) is 22.9 Å². The summed E-state index contributed by atoms with van der Waals surface area (Å²) in [5.41, 5.74) is 1.46. The fourth-order valence-corrected chi connectivity index (χ4v) is 2.20. The van der Waals surface area contributed by atoms with Gasteiger partial charge in [0.25, 0.3) is 0 Å². The normalized spacial score (nSPS) is 10.6. The predicted molar refractivity (Wildman–Crippen MR) is 78.8 cm³/mol. The molecule has 0 saturated carbocycles. The summed E-state index contributed by atoms with van der Waals surface area (Å²) >= 11 is 9.45. The van der Waals surface area contributed by atoms with Gasteiger partial charge in [-0.3, -0.25) is 4.98 Å². The summed E-state index contributed by atoms with van der Waals surface area (Å²) in [5.74, 6) is 1.23. The molecule has 2 heterocycles. The molecule has 3 nitrogen and oxygen atoms in total. The maximum Gasteiger partial charge on any atom is 0.156 e. The summed E-state index contributed by atoms with van der Waals surface area (Å²) in [5, 5.41) is 0.560. The van der Waals surface area contributed by atoms with Crippen LogP contribution in [-0.2, 0) is 0 Å². The first-order valence-electron chi connectivity index (χ1n) is 5.57. The number of halogens is 2. The zero-order valence-corrected chi connectivity index (χ0v) is 12.0. The van der Waals surface area contributed by atoms with E-state index < -0.39 is 0 Å². The number of aromatic nitrogens is 2. The number of rotatable bonds is 2. The summed E-state index contributed by atoms with van der Waals surface area (Å²) in [4.78, 5) is 8.59. The van der Waals surface area contributed by atoms with Gasteiger partial charge in [0.1, 0.15) is 11.3 Å². The molecule has 3 aromatic rings. The van der Waals surface area contributed by atoms with E-state index in [2.05, 4.69) is 25.9 Å². The summed E-state index contributed by atoms with van der Waals surface area (Å²) in [6.45, 7) is 0. The van der Waals surface area contributed by atoms with Crippen LogP contribution in [-0.4, -0.2) is 9.97 Å². The second-order valence-corrected chi connectivity index (χ2v) is 5.19. The van der Waals surface area contributed by atoms with Gasteiger partial charge in [0.2, 0.25) is 0 Å². The quantitative estimate of drug-likeness (QED) is 0.672. The third-order valence-corrected chi connectivity index (χ3v) is 3.31. The van der Waals surface area contributed by atoms with Crippen LogP contribution in [0.25, 0.3) is 11.0 Å². The molecule has 0 N–H and O–H groups in total. The number of ether oxygens (including phenoxy) is 1. The lowest BCUT2D eigenvalue weighted by Crippen LogP contribution is -1.90. The van der Waals surface area contributed by atoms with E-state index in [9.17, 15) is 0 Å². The number of nitrogens with zero attached hydrogens (tertiary/aromatic N) is 2. The second-order valence-electron chi connectivity index (χ2n) is 3.86. The Balaban J connectivity index is 2.09. The van der Waals surface area contributed by atoms with Crippen LogP contribution in [0.5, 0.6) is 11.5 Å². The molecular weight excluding hydrogens is 328 g/mol. The summed E-state index contributed by atoms with van der Waals surface area (Å²) in [6, 6.07) is 11.0. The lowest BCUT2D eigenvalue weighted by Gasteiger charge is -2.09. The van der Waals surface area contributed by atoms with Crippen molar-refractivity contribution in [2.75, 3.05) is 0 Å². The highest BCUT2D eigenvalue weighted by Crippen LogP contribution is 2.32. The van der Waals surface area contributed by atoms with Crippen LogP contribution in [0.2, 0.25) is 5.02 Å². The zero-order valence-electron chi connectivity index (χ0n) is 9.68. The molecular formula is C14H8BrClN2O. The molecule has 0 aliphatic heterocycles. The summed E-state index contributed by atoms with van der Waals surface area (Å²) in [6.07, 6.45) is 3.39. The third kappa shape index (κ3) is 2.55. The van der Waals surface area contributed by atoms with Crippen molar-refractivity contribution in [3.05, 3.63) is 58.3 Å². The Morgan fingerprint density at radius 2 is 1.89 bits per heavy atom. The molecule has 0 amide bonds. The fraction of sp³-hybridized carbons (Fsp3) is 0. The first-order valence-corrected chi connectivity index (χ1v) is 6.74. The number of para-hydroxylation sites is 1. The predicted octanol–water partition coefficient (Wildman–Crippen LogP) is 4.84. The lowest BCUT2D eigenvalue weighted by molar-refractivity contribution is 0.487. The van der Waals surface area contributed by atoms with Crippen molar-refractivity contribution >= 4 is 38.6 Å². The molecule has 5 heteroatoms. The fourth-order valence-electron chi connectivity index (χ4n) is 1.71. The van der Waals surface area contributed by atoms with Crippen molar-refractivity contribution in [2.24, 2.45) is 0 Å². The molecule has 2 aromatic heterocycles. The number of hydrogen-bond donors (Lipinski definition) is 0. The van der Waals surface area contributed by atoms with E-state index >= 15 is 0 Å². The SMILES string of the molecule is Clc1ccccc1Oc1ccnc2cc(Br)cnc12. The van der Waals surface area contributed by atoms with Gasteiger partial charge in [-0.05, 0) is 34.1 Å². The molecule has 94 valence electrons. The maximum atomic E-state index is 6.08. The average Bonchev–Trinajstić information content (AvgIpc) is 2.41.